The standard InChI is InChI=1S/C16H20N2O3/c1-3-21-15(19)5-4-9-17-16-14-7-6-13(20-2)11-12(14)8-10-18-16/h6-8,10-11H,3-5,9H2,1-2H3,(H,17,18). The molecule has 5 heteroatoms. The van der Waals surface area contributed by atoms with Crippen molar-refractivity contribution in [3.05, 3.63) is 30.5 Å². The Bertz CT molecular complexity index is 613. The zero-order valence-electron chi connectivity index (χ0n) is 12.4. The molecule has 0 atom stereocenters. The van der Waals surface area contributed by atoms with E-state index in [0.717, 1.165) is 22.3 Å². The molecule has 0 fully saturated rings. The summed E-state index contributed by atoms with van der Waals surface area (Å²) in [6, 6.07) is 7.81. The van der Waals surface area contributed by atoms with E-state index in [0.29, 0.717) is 26.0 Å². The second-order valence-corrected chi connectivity index (χ2v) is 4.58. The van der Waals surface area contributed by atoms with Crippen molar-refractivity contribution < 1.29 is 14.3 Å². The fourth-order valence-corrected chi connectivity index (χ4v) is 2.10. The number of nitrogens with zero attached hydrogens (tertiary/aromatic N) is 1. The number of aromatic nitrogens is 1. The van der Waals surface area contributed by atoms with Crippen LogP contribution in [0.5, 0.6) is 5.75 Å². The monoisotopic (exact) mass is 288 g/mol. The molecule has 1 N–H and O–H groups in total. The molecule has 0 radical (unpaired) electrons. The van der Waals surface area contributed by atoms with E-state index in [1.807, 2.05) is 31.2 Å². The number of carbonyl (C=O) groups is 1. The SMILES string of the molecule is CCOC(=O)CCCNc1nccc2cc(OC)ccc12. The first-order chi connectivity index (χ1) is 10.2. The molecule has 5 nitrogen and oxygen atoms in total. The summed E-state index contributed by atoms with van der Waals surface area (Å²) in [5.74, 6) is 1.48. The minimum Gasteiger partial charge on any atom is -0.497 e. The molecule has 0 aliphatic rings. The Balaban J connectivity index is 1.97. The van der Waals surface area contributed by atoms with Gasteiger partial charge in [0, 0.05) is 24.5 Å². The Morgan fingerprint density at radius 1 is 1.33 bits per heavy atom. The highest BCUT2D eigenvalue weighted by molar-refractivity contribution is 5.92. The van der Waals surface area contributed by atoms with Crippen LogP contribution in [0.25, 0.3) is 10.8 Å². The average molecular weight is 288 g/mol. The van der Waals surface area contributed by atoms with E-state index in [2.05, 4.69) is 10.3 Å². The second-order valence-electron chi connectivity index (χ2n) is 4.58. The molecular weight excluding hydrogens is 268 g/mol. The zero-order chi connectivity index (χ0) is 15.1. The molecule has 2 rings (SSSR count). The fraction of sp³-hybridized carbons (Fsp3) is 0.375. The van der Waals surface area contributed by atoms with E-state index in [1.165, 1.54) is 0 Å². The number of hydrogen-bond acceptors (Lipinski definition) is 5. The van der Waals surface area contributed by atoms with Crippen molar-refractivity contribution in [2.75, 3.05) is 25.6 Å². The van der Waals surface area contributed by atoms with Crippen molar-refractivity contribution in [3.8, 4) is 5.75 Å². The Hall–Kier alpha value is -2.30. The van der Waals surface area contributed by atoms with Gasteiger partial charge in [-0.05, 0) is 43.0 Å². The van der Waals surface area contributed by atoms with Crippen molar-refractivity contribution >= 4 is 22.6 Å². The van der Waals surface area contributed by atoms with Crippen molar-refractivity contribution in [2.45, 2.75) is 19.8 Å². The highest BCUT2D eigenvalue weighted by atomic mass is 16.5. The average Bonchev–Trinajstić information content (AvgIpc) is 2.51. The van der Waals surface area contributed by atoms with Gasteiger partial charge in [-0.1, -0.05) is 0 Å². The van der Waals surface area contributed by atoms with Gasteiger partial charge in [0.05, 0.1) is 13.7 Å². The van der Waals surface area contributed by atoms with Gasteiger partial charge >= 0.3 is 5.97 Å². The normalized spacial score (nSPS) is 10.4. The van der Waals surface area contributed by atoms with Gasteiger partial charge in [0.25, 0.3) is 0 Å². The lowest BCUT2D eigenvalue weighted by atomic mass is 10.1. The lowest BCUT2D eigenvalue weighted by Gasteiger charge is -2.09. The number of esters is 1. The molecule has 0 aliphatic heterocycles. The predicted octanol–water partition coefficient (Wildman–Crippen LogP) is 3.00. The summed E-state index contributed by atoms with van der Waals surface area (Å²) < 4.78 is 10.1. The molecule has 21 heavy (non-hydrogen) atoms. The van der Waals surface area contributed by atoms with Crippen LogP contribution in [0.4, 0.5) is 5.82 Å². The molecule has 0 saturated heterocycles. The van der Waals surface area contributed by atoms with Gasteiger partial charge in [0.1, 0.15) is 11.6 Å². The highest BCUT2D eigenvalue weighted by Crippen LogP contribution is 2.25. The molecule has 0 unspecified atom stereocenters. The Labute approximate surface area is 124 Å². The third-order valence-corrected chi connectivity index (χ3v) is 3.13. The van der Waals surface area contributed by atoms with Crippen molar-refractivity contribution in [3.63, 3.8) is 0 Å². The van der Waals surface area contributed by atoms with E-state index in [4.69, 9.17) is 9.47 Å². The summed E-state index contributed by atoms with van der Waals surface area (Å²) in [5, 5.41) is 5.37. The minimum absolute atomic E-state index is 0.157. The summed E-state index contributed by atoms with van der Waals surface area (Å²) in [6.07, 6.45) is 2.89. The van der Waals surface area contributed by atoms with Crippen LogP contribution in [0, 0.1) is 0 Å². The summed E-state index contributed by atoms with van der Waals surface area (Å²) >= 11 is 0. The van der Waals surface area contributed by atoms with Crippen LogP contribution in [0.3, 0.4) is 0 Å². The van der Waals surface area contributed by atoms with Gasteiger partial charge in [-0.25, -0.2) is 4.98 Å². The lowest BCUT2D eigenvalue weighted by molar-refractivity contribution is -0.143. The Kier molecular flexibility index (Phi) is 5.37. The number of methoxy groups -OCH3 is 1. The van der Waals surface area contributed by atoms with Crippen LogP contribution in [0.2, 0.25) is 0 Å². The first-order valence-electron chi connectivity index (χ1n) is 7.07. The topological polar surface area (TPSA) is 60.5 Å². The second kappa shape index (κ2) is 7.47. The molecule has 0 saturated carbocycles. The number of hydrogen-bond donors (Lipinski definition) is 1. The maximum absolute atomic E-state index is 11.3. The molecule has 1 aromatic carbocycles. The van der Waals surface area contributed by atoms with Gasteiger partial charge in [-0.3, -0.25) is 4.79 Å². The molecule has 1 heterocycles. The lowest BCUT2D eigenvalue weighted by Crippen LogP contribution is -2.09. The molecule has 0 aliphatic carbocycles. The fourth-order valence-electron chi connectivity index (χ4n) is 2.10. The third kappa shape index (κ3) is 4.08. The van der Waals surface area contributed by atoms with Crippen LogP contribution < -0.4 is 10.1 Å². The predicted molar refractivity (Wildman–Crippen MR) is 82.7 cm³/mol. The summed E-state index contributed by atoms with van der Waals surface area (Å²) in [4.78, 5) is 15.6. The quantitative estimate of drug-likeness (QED) is 0.627. The first-order valence-corrected chi connectivity index (χ1v) is 7.07. The zero-order valence-corrected chi connectivity index (χ0v) is 12.4. The number of rotatable bonds is 7. The van der Waals surface area contributed by atoms with Crippen molar-refractivity contribution in [1.29, 1.82) is 0 Å². The van der Waals surface area contributed by atoms with E-state index in [1.54, 1.807) is 13.3 Å². The van der Waals surface area contributed by atoms with E-state index in [9.17, 15) is 4.79 Å². The van der Waals surface area contributed by atoms with E-state index in [-0.39, 0.29) is 5.97 Å². The number of carbonyl (C=O) groups excluding carboxylic acids is 1. The van der Waals surface area contributed by atoms with Crippen LogP contribution in [0.15, 0.2) is 30.5 Å². The van der Waals surface area contributed by atoms with Gasteiger partial charge in [-0.15, -0.1) is 0 Å². The largest absolute Gasteiger partial charge is 0.497 e. The maximum Gasteiger partial charge on any atom is 0.305 e. The molecule has 0 spiro atoms. The van der Waals surface area contributed by atoms with Gasteiger partial charge in [0.15, 0.2) is 0 Å². The number of ether oxygens (including phenoxy) is 2. The van der Waals surface area contributed by atoms with Crippen molar-refractivity contribution in [2.24, 2.45) is 0 Å². The highest BCUT2D eigenvalue weighted by Gasteiger charge is 2.04. The number of fused-ring (bicyclic) bond motifs is 1. The summed E-state index contributed by atoms with van der Waals surface area (Å²) in [5.41, 5.74) is 0. The molecule has 112 valence electrons. The van der Waals surface area contributed by atoms with Crippen LogP contribution in [-0.4, -0.2) is 31.2 Å². The summed E-state index contributed by atoms with van der Waals surface area (Å²) in [7, 11) is 1.65. The third-order valence-electron chi connectivity index (χ3n) is 3.13. The van der Waals surface area contributed by atoms with Gasteiger partial charge < -0.3 is 14.8 Å². The summed E-state index contributed by atoms with van der Waals surface area (Å²) in [6.45, 7) is 2.92. The molecule has 1 aromatic heterocycles. The molecule has 0 bridgehead atoms. The van der Waals surface area contributed by atoms with Crippen LogP contribution in [-0.2, 0) is 9.53 Å². The van der Waals surface area contributed by atoms with E-state index >= 15 is 0 Å². The Morgan fingerprint density at radius 3 is 2.95 bits per heavy atom. The molecule has 0 amide bonds. The van der Waals surface area contributed by atoms with Crippen LogP contribution >= 0.6 is 0 Å². The van der Waals surface area contributed by atoms with Crippen molar-refractivity contribution in [1.82, 2.24) is 4.98 Å². The minimum atomic E-state index is -0.157. The first kappa shape index (κ1) is 15.1. The number of pyridine rings is 1. The Morgan fingerprint density at radius 2 is 2.19 bits per heavy atom. The van der Waals surface area contributed by atoms with Gasteiger partial charge in [0.2, 0.25) is 0 Å². The van der Waals surface area contributed by atoms with E-state index < -0.39 is 0 Å². The number of anilines is 1. The smallest absolute Gasteiger partial charge is 0.305 e. The maximum atomic E-state index is 11.3. The van der Waals surface area contributed by atoms with Gasteiger partial charge in [-0.2, -0.15) is 0 Å². The number of benzene rings is 1. The number of nitrogens with one attached hydrogen (secondary N) is 1. The molecule has 2 aromatic rings. The van der Waals surface area contributed by atoms with Crippen LogP contribution in [0.1, 0.15) is 19.8 Å². The molecular formula is C16H20N2O3.